The summed E-state index contributed by atoms with van der Waals surface area (Å²) in [5.74, 6) is 0.226. The summed E-state index contributed by atoms with van der Waals surface area (Å²) in [7, 11) is 0. The Labute approximate surface area is 132 Å². The SMILES string of the molecule is CCN(CC(O)c1ccc(C)cc1)C(=O)C1CCNC1.Cl. The van der Waals surface area contributed by atoms with E-state index in [1.54, 1.807) is 4.90 Å². The lowest BCUT2D eigenvalue weighted by Crippen LogP contribution is -2.39. The van der Waals surface area contributed by atoms with Gasteiger partial charge < -0.3 is 15.3 Å². The number of rotatable bonds is 5. The Hall–Kier alpha value is -1.10. The number of aliphatic hydroxyl groups excluding tert-OH is 1. The third-order valence-corrected chi connectivity index (χ3v) is 3.96. The van der Waals surface area contributed by atoms with Gasteiger partial charge in [0, 0.05) is 13.1 Å². The molecule has 118 valence electrons. The molecule has 0 radical (unpaired) electrons. The summed E-state index contributed by atoms with van der Waals surface area (Å²) < 4.78 is 0. The van der Waals surface area contributed by atoms with Crippen molar-refractivity contribution in [2.45, 2.75) is 26.4 Å². The fraction of sp³-hybridized carbons (Fsp3) is 0.562. The number of carbonyl (C=O) groups is 1. The molecule has 1 aliphatic rings. The standard InChI is InChI=1S/C16H24N2O2.ClH/c1-3-18(16(20)14-8-9-17-10-14)11-15(19)13-6-4-12(2)5-7-13;/h4-7,14-15,17,19H,3,8-11H2,1-2H3;1H. The Morgan fingerprint density at radius 2 is 2.10 bits per heavy atom. The molecule has 0 spiro atoms. The number of nitrogens with zero attached hydrogens (tertiary/aromatic N) is 1. The molecule has 1 aromatic rings. The number of benzene rings is 1. The van der Waals surface area contributed by atoms with Crippen LogP contribution in [0.5, 0.6) is 0 Å². The van der Waals surface area contributed by atoms with Gasteiger partial charge in [-0.15, -0.1) is 12.4 Å². The van der Waals surface area contributed by atoms with Gasteiger partial charge in [0.25, 0.3) is 0 Å². The van der Waals surface area contributed by atoms with E-state index >= 15 is 0 Å². The van der Waals surface area contributed by atoms with E-state index in [0.29, 0.717) is 13.1 Å². The largest absolute Gasteiger partial charge is 0.387 e. The molecule has 0 aliphatic carbocycles. The maximum atomic E-state index is 12.4. The van der Waals surface area contributed by atoms with E-state index in [-0.39, 0.29) is 24.2 Å². The van der Waals surface area contributed by atoms with Gasteiger partial charge in [-0.05, 0) is 32.4 Å². The number of hydrogen-bond acceptors (Lipinski definition) is 3. The highest BCUT2D eigenvalue weighted by Gasteiger charge is 2.27. The van der Waals surface area contributed by atoms with Crippen LogP contribution in [-0.2, 0) is 4.79 Å². The van der Waals surface area contributed by atoms with E-state index in [4.69, 9.17) is 0 Å². The Morgan fingerprint density at radius 1 is 1.43 bits per heavy atom. The number of amides is 1. The Balaban J connectivity index is 0.00000220. The molecule has 2 atom stereocenters. The molecule has 1 aromatic carbocycles. The van der Waals surface area contributed by atoms with Crippen molar-refractivity contribution in [3.8, 4) is 0 Å². The van der Waals surface area contributed by atoms with Gasteiger partial charge >= 0.3 is 0 Å². The highest BCUT2D eigenvalue weighted by atomic mass is 35.5. The van der Waals surface area contributed by atoms with Gasteiger partial charge in [0.2, 0.25) is 5.91 Å². The first-order valence-corrected chi connectivity index (χ1v) is 7.36. The molecule has 2 rings (SSSR count). The first-order valence-electron chi connectivity index (χ1n) is 7.36. The van der Waals surface area contributed by atoms with Crippen molar-refractivity contribution in [2.75, 3.05) is 26.2 Å². The summed E-state index contributed by atoms with van der Waals surface area (Å²) in [5.41, 5.74) is 2.04. The molecule has 1 fully saturated rings. The molecular weight excluding hydrogens is 288 g/mol. The van der Waals surface area contributed by atoms with E-state index in [9.17, 15) is 9.90 Å². The van der Waals surface area contributed by atoms with E-state index in [2.05, 4.69) is 5.32 Å². The van der Waals surface area contributed by atoms with Gasteiger partial charge in [0.15, 0.2) is 0 Å². The molecule has 5 heteroatoms. The summed E-state index contributed by atoms with van der Waals surface area (Å²) in [6.07, 6.45) is 0.282. The van der Waals surface area contributed by atoms with Crippen molar-refractivity contribution < 1.29 is 9.90 Å². The average Bonchev–Trinajstić information content (AvgIpc) is 2.98. The number of hydrogen-bond donors (Lipinski definition) is 2. The van der Waals surface area contributed by atoms with Crippen LogP contribution >= 0.6 is 12.4 Å². The van der Waals surface area contributed by atoms with Crippen molar-refractivity contribution in [3.63, 3.8) is 0 Å². The Kier molecular flexibility index (Phi) is 7.15. The third-order valence-electron chi connectivity index (χ3n) is 3.96. The van der Waals surface area contributed by atoms with Gasteiger partial charge in [-0.1, -0.05) is 29.8 Å². The lowest BCUT2D eigenvalue weighted by molar-refractivity contribution is -0.136. The summed E-state index contributed by atoms with van der Waals surface area (Å²) >= 11 is 0. The monoisotopic (exact) mass is 312 g/mol. The molecule has 0 saturated carbocycles. The highest BCUT2D eigenvalue weighted by Crippen LogP contribution is 2.18. The fourth-order valence-electron chi connectivity index (χ4n) is 2.60. The van der Waals surface area contributed by atoms with E-state index in [1.807, 2.05) is 38.1 Å². The van der Waals surface area contributed by atoms with Crippen LogP contribution in [0, 0.1) is 12.8 Å². The van der Waals surface area contributed by atoms with Crippen molar-refractivity contribution in [1.82, 2.24) is 10.2 Å². The quantitative estimate of drug-likeness (QED) is 0.873. The summed E-state index contributed by atoms with van der Waals surface area (Å²) in [6.45, 7) is 6.66. The van der Waals surface area contributed by atoms with Crippen molar-refractivity contribution >= 4 is 18.3 Å². The molecule has 1 heterocycles. The normalized spacial score (nSPS) is 18.9. The minimum Gasteiger partial charge on any atom is -0.387 e. The van der Waals surface area contributed by atoms with Crippen LogP contribution in [0.4, 0.5) is 0 Å². The number of aryl methyl sites for hydroxylation is 1. The van der Waals surface area contributed by atoms with E-state index < -0.39 is 6.10 Å². The van der Waals surface area contributed by atoms with Crippen LogP contribution in [0.2, 0.25) is 0 Å². The first-order chi connectivity index (χ1) is 9.61. The molecule has 2 N–H and O–H groups in total. The number of nitrogens with one attached hydrogen (secondary N) is 1. The Morgan fingerprint density at radius 3 is 2.62 bits per heavy atom. The number of carbonyl (C=O) groups excluding carboxylic acids is 1. The van der Waals surface area contributed by atoms with Crippen LogP contribution < -0.4 is 5.32 Å². The molecule has 1 saturated heterocycles. The van der Waals surface area contributed by atoms with Crippen LogP contribution in [0.15, 0.2) is 24.3 Å². The van der Waals surface area contributed by atoms with Gasteiger partial charge in [0.05, 0.1) is 18.6 Å². The molecule has 2 unspecified atom stereocenters. The lowest BCUT2D eigenvalue weighted by Gasteiger charge is -2.26. The molecule has 1 amide bonds. The number of likely N-dealkylation sites (N-methyl/N-ethyl adjacent to an activating group) is 1. The second kappa shape index (κ2) is 8.37. The zero-order valence-electron chi connectivity index (χ0n) is 12.7. The van der Waals surface area contributed by atoms with Crippen molar-refractivity contribution in [3.05, 3.63) is 35.4 Å². The first kappa shape index (κ1) is 18.0. The van der Waals surface area contributed by atoms with E-state index in [1.165, 1.54) is 5.56 Å². The highest BCUT2D eigenvalue weighted by molar-refractivity contribution is 5.85. The number of aliphatic hydroxyl groups is 1. The zero-order chi connectivity index (χ0) is 14.5. The second-order valence-corrected chi connectivity index (χ2v) is 5.49. The molecule has 0 bridgehead atoms. The van der Waals surface area contributed by atoms with Crippen molar-refractivity contribution in [2.24, 2.45) is 5.92 Å². The van der Waals surface area contributed by atoms with E-state index in [0.717, 1.165) is 25.1 Å². The van der Waals surface area contributed by atoms with Gasteiger partial charge in [-0.3, -0.25) is 4.79 Å². The molecule has 4 nitrogen and oxygen atoms in total. The maximum Gasteiger partial charge on any atom is 0.227 e. The predicted octanol–water partition coefficient (Wildman–Crippen LogP) is 1.91. The molecule has 1 aliphatic heterocycles. The van der Waals surface area contributed by atoms with Crippen LogP contribution in [-0.4, -0.2) is 42.1 Å². The predicted molar refractivity (Wildman–Crippen MR) is 86.6 cm³/mol. The molecular formula is C16H25ClN2O2. The van der Waals surface area contributed by atoms with Gasteiger partial charge in [0.1, 0.15) is 0 Å². The number of halogens is 1. The topological polar surface area (TPSA) is 52.6 Å². The van der Waals surface area contributed by atoms with Crippen LogP contribution in [0.1, 0.15) is 30.6 Å². The molecule has 21 heavy (non-hydrogen) atoms. The minimum atomic E-state index is -0.617. The maximum absolute atomic E-state index is 12.4. The van der Waals surface area contributed by atoms with Crippen molar-refractivity contribution in [1.29, 1.82) is 0 Å². The van der Waals surface area contributed by atoms with Gasteiger partial charge in [-0.2, -0.15) is 0 Å². The summed E-state index contributed by atoms with van der Waals surface area (Å²) in [4.78, 5) is 14.1. The average molecular weight is 313 g/mol. The zero-order valence-corrected chi connectivity index (χ0v) is 13.5. The Bertz CT molecular complexity index is 444. The second-order valence-electron chi connectivity index (χ2n) is 5.49. The molecule has 0 aromatic heterocycles. The fourth-order valence-corrected chi connectivity index (χ4v) is 2.60. The van der Waals surface area contributed by atoms with Gasteiger partial charge in [-0.25, -0.2) is 0 Å². The smallest absolute Gasteiger partial charge is 0.227 e. The summed E-state index contributed by atoms with van der Waals surface area (Å²) in [6, 6.07) is 7.82. The van der Waals surface area contributed by atoms with Crippen LogP contribution in [0.3, 0.4) is 0 Å². The lowest BCUT2D eigenvalue weighted by atomic mass is 10.0. The third kappa shape index (κ3) is 4.70. The minimum absolute atomic E-state index is 0. The summed E-state index contributed by atoms with van der Waals surface area (Å²) in [5, 5.41) is 13.5. The van der Waals surface area contributed by atoms with Crippen LogP contribution in [0.25, 0.3) is 0 Å².